The number of pyridine rings is 1. The van der Waals surface area contributed by atoms with Crippen LogP contribution in [-0.2, 0) is 25.5 Å². The van der Waals surface area contributed by atoms with Crippen molar-refractivity contribution in [3.8, 4) is 11.5 Å². The van der Waals surface area contributed by atoms with Crippen LogP contribution in [0.3, 0.4) is 0 Å². The number of benzene rings is 2. The molecule has 0 bridgehead atoms. The fraction of sp³-hybridized carbons (Fsp3) is 0.333. The van der Waals surface area contributed by atoms with Gasteiger partial charge in [-0.05, 0) is 36.6 Å². The molecule has 2 aromatic carbocycles. The van der Waals surface area contributed by atoms with E-state index in [-0.39, 0.29) is 29.5 Å². The third kappa shape index (κ3) is 8.44. The second-order valence-electron chi connectivity index (χ2n) is 9.23. The van der Waals surface area contributed by atoms with Crippen molar-refractivity contribution in [1.29, 1.82) is 0 Å². The Hall–Kier alpha value is -3.62. The zero-order valence-corrected chi connectivity index (χ0v) is 24.2. The Morgan fingerprint density at radius 2 is 1.70 bits per heavy atom. The highest BCUT2D eigenvalue weighted by Gasteiger charge is 2.29. The smallest absolute Gasteiger partial charge is 0.309 e. The highest BCUT2D eigenvalue weighted by atomic mass is 35.5. The van der Waals surface area contributed by atoms with Crippen molar-refractivity contribution in [1.82, 2.24) is 4.98 Å². The Balaban J connectivity index is 1.73. The van der Waals surface area contributed by atoms with Crippen LogP contribution in [0.25, 0.3) is 0 Å². The first-order chi connectivity index (χ1) is 19.1. The van der Waals surface area contributed by atoms with Crippen molar-refractivity contribution in [3.63, 3.8) is 0 Å². The maximum Gasteiger partial charge on any atom is 0.309 e. The molecule has 0 radical (unpaired) electrons. The van der Waals surface area contributed by atoms with Crippen LogP contribution in [0.15, 0.2) is 60.8 Å². The highest BCUT2D eigenvalue weighted by Crippen LogP contribution is 2.32. The van der Waals surface area contributed by atoms with E-state index in [9.17, 15) is 14.4 Å². The molecule has 0 saturated carbocycles. The molecule has 0 spiro atoms. The van der Waals surface area contributed by atoms with E-state index in [4.69, 9.17) is 42.1 Å². The van der Waals surface area contributed by atoms with Gasteiger partial charge in [0.05, 0.1) is 23.1 Å². The summed E-state index contributed by atoms with van der Waals surface area (Å²) < 4.78 is 21.4. The van der Waals surface area contributed by atoms with Crippen LogP contribution in [0.4, 0.5) is 0 Å². The number of nitrogens with zero attached hydrogens (tertiary/aromatic N) is 1. The molecule has 1 heterocycles. The largest absolute Gasteiger partial charge is 0.493 e. The van der Waals surface area contributed by atoms with Gasteiger partial charge in [-0.25, -0.2) is 4.98 Å². The fourth-order valence-electron chi connectivity index (χ4n) is 4.12. The van der Waals surface area contributed by atoms with Gasteiger partial charge in [0.1, 0.15) is 6.10 Å². The Morgan fingerprint density at radius 1 is 0.975 bits per heavy atom. The van der Waals surface area contributed by atoms with Crippen LogP contribution in [-0.4, -0.2) is 42.7 Å². The quantitative estimate of drug-likeness (QED) is 0.127. The summed E-state index contributed by atoms with van der Waals surface area (Å²) in [6.07, 6.45) is 1.25. The van der Waals surface area contributed by atoms with Crippen LogP contribution in [0.2, 0.25) is 10.0 Å². The zero-order valence-electron chi connectivity index (χ0n) is 22.7. The Bertz CT molecular complexity index is 1330. The van der Waals surface area contributed by atoms with E-state index < -0.39 is 36.5 Å². The normalized spacial score (nSPS) is 13.1. The van der Waals surface area contributed by atoms with Crippen molar-refractivity contribution in [2.45, 2.75) is 45.6 Å². The third-order valence-electron chi connectivity index (χ3n) is 6.25. The summed E-state index contributed by atoms with van der Waals surface area (Å²) in [5.41, 5.74) is 1.90. The van der Waals surface area contributed by atoms with Crippen molar-refractivity contribution < 1.29 is 33.3 Å². The highest BCUT2D eigenvalue weighted by molar-refractivity contribution is 6.42. The number of methoxy groups -OCH3 is 1. The summed E-state index contributed by atoms with van der Waals surface area (Å²) in [5, 5.41) is 0.912. The van der Waals surface area contributed by atoms with Crippen LogP contribution in [0.1, 0.15) is 54.7 Å². The Morgan fingerprint density at radius 3 is 2.35 bits per heavy atom. The average Bonchev–Trinajstić information content (AvgIpc) is 2.93. The minimum atomic E-state index is -0.773. The number of halogens is 2. The predicted octanol–water partition coefficient (Wildman–Crippen LogP) is 6.46. The number of Topliss-reactive ketones (excluding diaryl/α,β-unsaturated/α-hetero) is 1. The van der Waals surface area contributed by atoms with E-state index in [2.05, 4.69) is 4.98 Å². The molecule has 0 saturated heterocycles. The van der Waals surface area contributed by atoms with E-state index in [0.717, 1.165) is 11.1 Å². The molecule has 0 aliphatic rings. The summed E-state index contributed by atoms with van der Waals surface area (Å²) in [6, 6.07) is 16.7. The van der Waals surface area contributed by atoms with E-state index in [1.165, 1.54) is 26.3 Å². The van der Waals surface area contributed by atoms with E-state index >= 15 is 0 Å². The molecule has 40 heavy (non-hydrogen) atoms. The number of ketones is 1. The van der Waals surface area contributed by atoms with Crippen LogP contribution in [0, 0.1) is 5.92 Å². The third-order valence-corrected chi connectivity index (χ3v) is 6.99. The van der Waals surface area contributed by atoms with Gasteiger partial charge >= 0.3 is 11.9 Å². The molecule has 212 valence electrons. The maximum atomic E-state index is 13.2. The Labute approximate surface area is 243 Å². The molecule has 0 N–H and O–H groups in total. The van der Waals surface area contributed by atoms with Crippen molar-refractivity contribution in [2.24, 2.45) is 5.92 Å². The van der Waals surface area contributed by atoms with Crippen molar-refractivity contribution in [3.05, 3.63) is 87.7 Å². The molecule has 3 aromatic rings. The molecule has 1 aromatic heterocycles. The summed E-state index contributed by atoms with van der Waals surface area (Å²) in [5.74, 6) is -2.21. The van der Waals surface area contributed by atoms with E-state index in [0.29, 0.717) is 16.5 Å². The first-order valence-corrected chi connectivity index (χ1v) is 13.4. The monoisotopic (exact) mass is 587 g/mol. The molecular weight excluding hydrogens is 557 g/mol. The van der Waals surface area contributed by atoms with Gasteiger partial charge in [0, 0.05) is 31.5 Å². The number of esters is 2. The molecule has 0 fully saturated rings. The molecule has 3 atom stereocenters. The zero-order chi connectivity index (χ0) is 29.2. The second-order valence-corrected chi connectivity index (χ2v) is 10.0. The maximum absolute atomic E-state index is 13.2. The molecule has 0 aliphatic carbocycles. The lowest BCUT2D eigenvalue weighted by Crippen LogP contribution is -2.28. The lowest BCUT2D eigenvalue weighted by Gasteiger charge is -2.26. The first-order valence-electron chi connectivity index (χ1n) is 12.6. The summed E-state index contributed by atoms with van der Waals surface area (Å²) in [6.45, 7) is 4.25. The van der Waals surface area contributed by atoms with Crippen molar-refractivity contribution >= 4 is 40.9 Å². The van der Waals surface area contributed by atoms with E-state index in [1.807, 2.05) is 43.3 Å². The topological polar surface area (TPSA) is 101 Å². The van der Waals surface area contributed by atoms with Crippen LogP contribution < -0.4 is 9.47 Å². The number of aromatic nitrogens is 1. The first kappa shape index (κ1) is 30.9. The molecule has 3 rings (SSSR count). The molecule has 0 amide bonds. The molecule has 0 aliphatic heterocycles. The molecule has 0 unspecified atom stereocenters. The summed E-state index contributed by atoms with van der Waals surface area (Å²) in [4.78, 5) is 41.5. The number of ether oxygens (including phenoxy) is 4. The van der Waals surface area contributed by atoms with Gasteiger partial charge in [-0.3, -0.25) is 14.4 Å². The minimum absolute atomic E-state index is 0.0240. The van der Waals surface area contributed by atoms with Gasteiger partial charge in [0.2, 0.25) is 6.79 Å². The Kier molecular flexibility index (Phi) is 11.3. The standard InChI is InChI=1S/C30H31Cl2NO7/c1-18(14-26(35)28-29(39-17-38-20(3)34)27(37-4)12-13-33-28)30(36)40-19(2)23(22-8-6-5-7-9-22)15-21-10-11-24(31)25(32)16-21/h5-13,16,18-19,23H,14-15,17H2,1-4H3/t18-,19+,23+/m1/s1. The van der Waals surface area contributed by atoms with Gasteiger partial charge < -0.3 is 18.9 Å². The number of carbonyl (C=O) groups is 3. The molecule has 8 nitrogen and oxygen atoms in total. The number of rotatable bonds is 13. The van der Waals surface area contributed by atoms with Gasteiger partial charge in [-0.1, -0.05) is 66.5 Å². The van der Waals surface area contributed by atoms with Gasteiger partial charge in [0.25, 0.3) is 0 Å². The predicted molar refractivity (Wildman–Crippen MR) is 151 cm³/mol. The SMILES string of the molecule is COc1ccnc(C(=O)C[C@@H](C)C(=O)O[C@@H](C)[C@H](Cc2ccc(Cl)c(Cl)c2)c2ccccc2)c1OCOC(C)=O. The van der Waals surface area contributed by atoms with Gasteiger partial charge in [0.15, 0.2) is 23.0 Å². The number of hydrogen-bond acceptors (Lipinski definition) is 8. The molecule has 10 heteroatoms. The number of hydrogen-bond donors (Lipinski definition) is 0. The van der Waals surface area contributed by atoms with E-state index in [1.54, 1.807) is 19.1 Å². The fourth-order valence-corrected chi connectivity index (χ4v) is 4.44. The second kappa shape index (κ2) is 14.7. The van der Waals surface area contributed by atoms with Crippen LogP contribution >= 0.6 is 23.2 Å². The van der Waals surface area contributed by atoms with Crippen molar-refractivity contribution in [2.75, 3.05) is 13.9 Å². The van der Waals surface area contributed by atoms with Gasteiger partial charge in [-0.2, -0.15) is 0 Å². The number of carbonyl (C=O) groups excluding carboxylic acids is 3. The lowest BCUT2D eigenvalue weighted by atomic mass is 9.88. The molecular formula is C30H31Cl2NO7. The summed E-state index contributed by atoms with van der Waals surface area (Å²) >= 11 is 12.3. The van der Waals surface area contributed by atoms with Gasteiger partial charge in [-0.15, -0.1) is 0 Å². The average molecular weight is 588 g/mol. The van der Waals surface area contributed by atoms with Crippen LogP contribution in [0.5, 0.6) is 11.5 Å². The minimum Gasteiger partial charge on any atom is -0.493 e. The summed E-state index contributed by atoms with van der Waals surface area (Å²) in [7, 11) is 1.41. The lowest BCUT2D eigenvalue weighted by molar-refractivity contribution is -0.153.